The summed E-state index contributed by atoms with van der Waals surface area (Å²) in [7, 11) is 1.68. The zero-order chi connectivity index (χ0) is 14.7. The number of hydrogen-bond acceptors (Lipinski definition) is 5. The van der Waals surface area contributed by atoms with Gasteiger partial charge < -0.3 is 14.4 Å². The normalized spacial score (nSPS) is 23.7. The van der Waals surface area contributed by atoms with Gasteiger partial charge in [-0.3, -0.25) is 0 Å². The molecule has 2 aliphatic rings. The smallest absolute Gasteiger partial charge is 0.156 e. The molecule has 0 N–H and O–H groups in total. The summed E-state index contributed by atoms with van der Waals surface area (Å²) in [6.07, 6.45) is 5.38. The van der Waals surface area contributed by atoms with Crippen LogP contribution in [0, 0.1) is 12.8 Å². The Kier molecular flexibility index (Phi) is 4.70. The number of ether oxygens (including phenoxy) is 2. The van der Waals surface area contributed by atoms with Gasteiger partial charge in [0.15, 0.2) is 5.82 Å². The Bertz CT molecular complexity index is 467. The molecular formula is C16H25N3O2. The number of rotatable bonds is 4. The predicted octanol–water partition coefficient (Wildman–Crippen LogP) is 2.33. The average molecular weight is 291 g/mol. The maximum Gasteiger partial charge on any atom is 0.156 e. The maximum atomic E-state index is 5.84. The van der Waals surface area contributed by atoms with Crippen LogP contribution < -0.4 is 4.90 Å². The van der Waals surface area contributed by atoms with E-state index in [2.05, 4.69) is 20.9 Å². The van der Waals surface area contributed by atoms with Crippen LogP contribution in [-0.2, 0) is 16.1 Å². The topological polar surface area (TPSA) is 47.5 Å². The van der Waals surface area contributed by atoms with E-state index < -0.39 is 0 Å². The third kappa shape index (κ3) is 3.52. The predicted molar refractivity (Wildman–Crippen MR) is 81.4 cm³/mol. The number of aryl methyl sites for hydroxylation is 1. The van der Waals surface area contributed by atoms with E-state index in [4.69, 9.17) is 9.47 Å². The van der Waals surface area contributed by atoms with Crippen molar-refractivity contribution in [1.29, 1.82) is 0 Å². The minimum absolute atomic E-state index is 0.473. The molecule has 0 saturated carbocycles. The summed E-state index contributed by atoms with van der Waals surface area (Å²) >= 11 is 0. The summed E-state index contributed by atoms with van der Waals surface area (Å²) < 4.78 is 11.0. The second-order valence-corrected chi connectivity index (χ2v) is 6.09. The van der Waals surface area contributed by atoms with Crippen molar-refractivity contribution < 1.29 is 9.47 Å². The molecule has 0 aliphatic carbocycles. The van der Waals surface area contributed by atoms with E-state index in [1.54, 1.807) is 7.11 Å². The lowest BCUT2D eigenvalue weighted by atomic mass is 9.90. The Hall–Kier alpha value is -1.20. The lowest BCUT2D eigenvalue weighted by molar-refractivity contribution is 0.0531. The SMILES string of the molecule is COCc1nc(C)cc(N2CCC(C3CCCO3)CC2)n1. The fourth-order valence-corrected chi connectivity index (χ4v) is 3.44. The molecule has 1 aromatic rings. The molecule has 0 spiro atoms. The van der Waals surface area contributed by atoms with E-state index >= 15 is 0 Å². The second kappa shape index (κ2) is 6.71. The molecular weight excluding hydrogens is 266 g/mol. The van der Waals surface area contributed by atoms with Crippen LogP contribution in [0.15, 0.2) is 6.07 Å². The number of hydrogen-bond donors (Lipinski definition) is 0. The molecule has 1 unspecified atom stereocenters. The molecule has 3 rings (SSSR count). The first-order valence-electron chi connectivity index (χ1n) is 7.96. The summed E-state index contributed by atoms with van der Waals surface area (Å²) in [4.78, 5) is 11.4. The summed E-state index contributed by atoms with van der Waals surface area (Å²) in [6.45, 7) is 5.57. The van der Waals surface area contributed by atoms with Gasteiger partial charge in [0.1, 0.15) is 12.4 Å². The van der Waals surface area contributed by atoms with Crippen molar-refractivity contribution in [3.8, 4) is 0 Å². The zero-order valence-electron chi connectivity index (χ0n) is 13.0. The van der Waals surface area contributed by atoms with E-state index in [0.29, 0.717) is 12.7 Å². The van der Waals surface area contributed by atoms with Crippen LogP contribution in [0.3, 0.4) is 0 Å². The molecule has 21 heavy (non-hydrogen) atoms. The van der Waals surface area contributed by atoms with Crippen molar-refractivity contribution in [3.05, 3.63) is 17.6 Å². The highest BCUT2D eigenvalue weighted by Gasteiger charge is 2.29. The Labute approximate surface area is 126 Å². The first-order chi connectivity index (χ1) is 10.3. The van der Waals surface area contributed by atoms with Crippen LogP contribution >= 0.6 is 0 Å². The maximum absolute atomic E-state index is 5.84. The van der Waals surface area contributed by atoms with Gasteiger partial charge in [0.05, 0.1) is 6.10 Å². The summed E-state index contributed by atoms with van der Waals surface area (Å²) in [6, 6.07) is 2.07. The van der Waals surface area contributed by atoms with Gasteiger partial charge >= 0.3 is 0 Å². The molecule has 0 bridgehead atoms. The highest BCUT2D eigenvalue weighted by molar-refractivity contribution is 5.40. The van der Waals surface area contributed by atoms with Crippen molar-refractivity contribution in [1.82, 2.24) is 9.97 Å². The molecule has 2 aliphatic heterocycles. The quantitative estimate of drug-likeness (QED) is 0.852. The van der Waals surface area contributed by atoms with E-state index in [9.17, 15) is 0 Å². The van der Waals surface area contributed by atoms with E-state index in [1.165, 1.54) is 25.7 Å². The number of aromatic nitrogens is 2. The Morgan fingerprint density at radius 2 is 2.10 bits per heavy atom. The van der Waals surface area contributed by atoms with Crippen molar-refractivity contribution >= 4 is 5.82 Å². The van der Waals surface area contributed by atoms with Gasteiger partial charge in [-0.25, -0.2) is 9.97 Å². The largest absolute Gasteiger partial charge is 0.378 e. The molecule has 1 atom stereocenters. The number of anilines is 1. The molecule has 0 radical (unpaired) electrons. The van der Waals surface area contributed by atoms with Crippen molar-refractivity contribution in [2.75, 3.05) is 31.7 Å². The van der Waals surface area contributed by atoms with Gasteiger partial charge in [0, 0.05) is 38.6 Å². The van der Waals surface area contributed by atoms with Crippen LogP contribution in [0.5, 0.6) is 0 Å². The van der Waals surface area contributed by atoms with Crippen LogP contribution in [-0.4, -0.2) is 42.9 Å². The fraction of sp³-hybridized carbons (Fsp3) is 0.750. The minimum atomic E-state index is 0.473. The zero-order valence-corrected chi connectivity index (χ0v) is 13.0. The lowest BCUT2D eigenvalue weighted by Crippen LogP contribution is -2.38. The highest BCUT2D eigenvalue weighted by Crippen LogP contribution is 2.30. The van der Waals surface area contributed by atoms with Gasteiger partial charge in [-0.15, -0.1) is 0 Å². The van der Waals surface area contributed by atoms with Gasteiger partial charge in [-0.1, -0.05) is 0 Å². The molecule has 5 nitrogen and oxygen atoms in total. The van der Waals surface area contributed by atoms with Crippen LogP contribution in [0.4, 0.5) is 5.82 Å². The third-order valence-electron chi connectivity index (χ3n) is 4.51. The molecule has 2 saturated heterocycles. The number of methoxy groups -OCH3 is 1. The van der Waals surface area contributed by atoms with E-state index in [-0.39, 0.29) is 0 Å². The van der Waals surface area contributed by atoms with Gasteiger partial charge in [-0.2, -0.15) is 0 Å². The first-order valence-corrected chi connectivity index (χ1v) is 7.96. The molecule has 0 amide bonds. The van der Waals surface area contributed by atoms with Crippen LogP contribution in [0.2, 0.25) is 0 Å². The van der Waals surface area contributed by atoms with E-state index in [0.717, 1.165) is 43.0 Å². The Morgan fingerprint density at radius 1 is 1.29 bits per heavy atom. The molecule has 1 aromatic heterocycles. The van der Waals surface area contributed by atoms with E-state index in [1.807, 2.05) is 6.92 Å². The summed E-state index contributed by atoms with van der Waals surface area (Å²) in [5.74, 6) is 2.54. The second-order valence-electron chi connectivity index (χ2n) is 6.09. The lowest BCUT2D eigenvalue weighted by Gasteiger charge is -2.35. The number of nitrogens with zero attached hydrogens (tertiary/aromatic N) is 3. The summed E-state index contributed by atoms with van der Waals surface area (Å²) in [5.41, 5.74) is 1.01. The number of piperidine rings is 1. The van der Waals surface area contributed by atoms with Gasteiger partial charge in [0.25, 0.3) is 0 Å². The van der Waals surface area contributed by atoms with Crippen LogP contribution in [0.1, 0.15) is 37.2 Å². The van der Waals surface area contributed by atoms with Crippen LogP contribution in [0.25, 0.3) is 0 Å². The van der Waals surface area contributed by atoms with Crippen molar-refractivity contribution in [2.24, 2.45) is 5.92 Å². The Morgan fingerprint density at radius 3 is 2.76 bits per heavy atom. The molecule has 2 fully saturated rings. The molecule has 5 heteroatoms. The first kappa shape index (κ1) is 14.7. The standard InChI is InChI=1S/C16H25N3O2/c1-12-10-16(18-15(17-12)11-20-2)19-7-5-13(6-8-19)14-4-3-9-21-14/h10,13-14H,3-9,11H2,1-2H3. The molecule has 3 heterocycles. The van der Waals surface area contributed by atoms with Crippen molar-refractivity contribution in [2.45, 2.75) is 45.3 Å². The highest BCUT2D eigenvalue weighted by atomic mass is 16.5. The summed E-state index contributed by atoms with van der Waals surface area (Å²) in [5, 5.41) is 0. The van der Waals surface area contributed by atoms with Gasteiger partial charge in [0.2, 0.25) is 0 Å². The van der Waals surface area contributed by atoms with Crippen molar-refractivity contribution in [3.63, 3.8) is 0 Å². The minimum Gasteiger partial charge on any atom is -0.378 e. The molecule has 116 valence electrons. The monoisotopic (exact) mass is 291 g/mol. The molecule has 0 aromatic carbocycles. The third-order valence-corrected chi connectivity index (χ3v) is 4.51. The average Bonchev–Trinajstić information content (AvgIpc) is 3.01. The fourth-order valence-electron chi connectivity index (χ4n) is 3.44. The van der Waals surface area contributed by atoms with Gasteiger partial charge in [-0.05, 0) is 38.5 Å². The Balaban J connectivity index is 1.63.